The molecule has 0 radical (unpaired) electrons. The molecule has 1 heterocycles. The zero-order chi connectivity index (χ0) is 24.0. The third-order valence-electron chi connectivity index (χ3n) is 7.45. The Hall–Kier alpha value is -1.54. The Kier molecular flexibility index (Phi) is 8.97. The van der Waals surface area contributed by atoms with Gasteiger partial charge in [-0.3, -0.25) is 4.90 Å². The van der Waals surface area contributed by atoms with Crippen molar-refractivity contribution < 1.29 is 19.1 Å². The molecule has 1 saturated carbocycles. The summed E-state index contributed by atoms with van der Waals surface area (Å²) < 4.78 is 6.69. The van der Waals surface area contributed by atoms with Crippen molar-refractivity contribution in [3.63, 3.8) is 0 Å². The van der Waals surface area contributed by atoms with E-state index in [1.54, 1.807) is 18.9 Å². The second-order valence-electron chi connectivity index (χ2n) is 9.57. The first kappa shape index (κ1) is 25.5. The zero-order valence-corrected chi connectivity index (χ0v) is 22.5. The maximum Gasteiger partial charge on any atom is 0.513 e. The minimum Gasteiger partial charge on any atom is -0.496 e. The predicted octanol–water partition coefficient (Wildman–Crippen LogP) is 6.78. The third kappa shape index (κ3) is 6.17. The van der Waals surface area contributed by atoms with Crippen LogP contribution in [-0.2, 0) is 12.3 Å². The van der Waals surface area contributed by atoms with Crippen molar-refractivity contribution in [3.8, 4) is 5.75 Å². The second-order valence-corrected chi connectivity index (χ2v) is 11.5. The maximum atomic E-state index is 12.6. The lowest BCUT2D eigenvalue weighted by Gasteiger charge is -2.43. The highest BCUT2D eigenvalue weighted by molar-refractivity contribution is 9.10. The number of halogens is 1. The van der Waals surface area contributed by atoms with Gasteiger partial charge in [-0.1, -0.05) is 59.8 Å². The summed E-state index contributed by atoms with van der Waals surface area (Å²) in [5.41, 5.74) is 2.24. The maximum absolute atomic E-state index is 12.6. The normalized spacial score (nSPS) is 19.5. The number of piperazine rings is 1. The van der Waals surface area contributed by atoms with Crippen LogP contribution in [0.5, 0.6) is 5.75 Å². The molecule has 1 aliphatic heterocycles. The molecule has 0 bridgehead atoms. The number of carbonyl (C=O) groups is 1. The van der Waals surface area contributed by atoms with E-state index in [1.807, 2.05) is 24.3 Å². The Balaban J connectivity index is 1.46. The summed E-state index contributed by atoms with van der Waals surface area (Å²) in [6.45, 7) is 3.63. The number of amides is 1. The average Bonchev–Trinajstić information content (AvgIpc) is 3.14. The van der Waals surface area contributed by atoms with Crippen LogP contribution in [0.15, 0.2) is 51.8 Å². The predicted molar refractivity (Wildman–Crippen MR) is 141 cm³/mol. The molecule has 1 saturated heterocycles. The molecular formula is C27H36BrN2O3S+. The van der Waals surface area contributed by atoms with Crippen LogP contribution in [0, 0.1) is 0 Å². The monoisotopic (exact) mass is 547 g/mol. The van der Waals surface area contributed by atoms with E-state index in [0.717, 1.165) is 45.1 Å². The number of ether oxygens (including phenoxy) is 1. The zero-order valence-electron chi connectivity index (χ0n) is 20.0. The Labute approximate surface area is 216 Å². The molecule has 5 nitrogen and oxygen atoms in total. The van der Waals surface area contributed by atoms with Crippen LogP contribution >= 0.6 is 27.7 Å². The molecule has 2 aromatic rings. The minimum atomic E-state index is -0.700. The second kappa shape index (κ2) is 11.9. The summed E-state index contributed by atoms with van der Waals surface area (Å²) in [4.78, 5) is 16.3. The van der Waals surface area contributed by atoms with E-state index < -0.39 is 6.09 Å². The number of methoxy groups -OCH3 is 1. The van der Waals surface area contributed by atoms with E-state index in [9.17, 15) is 9.90 Å². The number of carboxylic acid groups (broad SMARTS) is 1. The summed E-state index contributed by atoms with van der Waals surface area (Å²) in [5.74, 6) is 1.64. The summed E-state index contributed by atoms with van der Waals surface area (Å²) in [5, 5.41) is 10.3. The van der Waals surface area contributed by atoms with Crippen molar-refractivity contribution in [2.24, 2.45) is 0 Å². The molecule has 1 N–H and O–H groups in total. The van der Waals surface area contributed by atoms with Crippen molar-refractivity contribution >= 4 is 33.8 Å². The number of nitrogens with zero attached hydrogens (tertiary/aromatic N) is 2. The van der Waals surface area contributed by atoms with Crippen LogP contribution < -0.4 is 4.74 Å². The van der Waals surface area contributed by atoms with E-state index >= 15 is 0 Å². The number of thioether (sulfide) groups is 1. The van der Waals surface area contributed by atoms with Crippen LogP contribution in [0.3, 0.4) is 0 Å². The van der Waals surface area contributed by atoms with E-state index in [4.69, 9.17) is 4.74 Å². The largest absolute Gasteiger partial charge is 0.513 e. The van der Waals surface area contributed by atoms with Gasteiger partial charge in [0.25, 0.3) is 0 Å². The van der Waals surface area contributed by atoms with Gasteiger partial charge in [0.1, 0.15) is 25.4 Å². The molecule has 2 fully saturated rings. The number of benzene rings is 2. The molecule has 1 aliphatic carbocycles. The van der Waals surface area contributed by atoms with Gasteiger partial charge in [0.2, 0.25) is 0 Å². The molecule has 2 aliphatic rings. The van der Waals surface area contributed by atoms with E-state index in [-0.39, 0.29) is 4.48 Å². The lowest BCUT2D eigenvalue weighted by Crippen LogP contribution is -2.62. The molecular weight excluding hydrogens is 512 g/mol. The minimum absolute atomic E-state index is 0.126. The van der Waals surface area contributed by atoms with Crippen LogP contribution in [0.1, 0.15) is 49.7 Å². The van der Waals surface area contributed by atoms with Gasteiger partial charge in [0, 0.05) is 45.4 Å². The lowest BCUT2D eigenvalue weighted by atomic mass is 10.0. The van der Waals surface area contributed by atoms with Crippen molar-refractivity contribution in [2.75, 3.05) is 33.3 Å². The Bertz CT molecular complexity index is 970. The number of hydrogen-bond acceptors (Lipinski definition) is 4. The fourth-order valence-corrected chi connectivity index (χ4v) is 6.82. The topological polar surface area (TPSA) is 49.8 Å². The van der Waals surface area contributed by atoms with Crippen molar-refractivity contribution in [2.45, 2.75) is 61.8 Å². The molecule has 34 heavy (non-hydrogen) atoms. The van der Waals surface area contributed by atoms with Gasteiger partial charge >= 0.3 is 6.09 Å². The van der Waals surface area contributed by atoms with Crippen molar-refractivity contribution in [3.05, 3.63) is 58.1 Å². The summed E-state index contributed by atoms with van der Waals surface area (Å²) in [6, 6.07) is 15.0. The smallest absolute Gasteiger partial charge is 0.496 e. The molecule has 4 rings (SSSR count). The molecule has 7 heteroatoms. The van der Waals surface area contributed by atoms with Gasteiger partial charge in [0.15, 0.2) is 0 Å². The first-order valence-electron chi connectivity index (χ1n) is 12.4. The lowest BCUT2D eigenvalue weighted by molar-refractivity contribution is -0.875. The standard InChI is InChI=1S/C27H35BrN2O3S/c1-33-25-13-12-23(28)18-22(25)20-34-26-11-7-6-8-21(26)19-30(27(31)32)16-14-29(15-17-30)24-9-4-2-3-5-10-24/h6-8,11-13,18,24H,2-5,9-10,14-17,19-20H2,1H3/p+1. The average molecular weight is 549 g/mol. The van der Waals surface area contributed by atoms with Crippen molar-refractivity contribution in [1.29, 1.82) is 0 Å². The fraction of sp³-hybridized carbons (Fsp3) is 0.519. The first-order valence-corrected chi connectivity index (χ1v) is 14.2. The van der Waals surface area contributed by atoms with Gasteiger partial charge in [-0.25, -0.2) is 4.48 Å². The van der Waals surface area contributed by atoms with Crippen LogP contribution in [0.25, 0.3) is 0 Å². The highest BCUT2D eigenvalue weighted by Gasteiger charge is 2.42. The summed E-state index contributed by atoms with van der Waals surface area (Å²) in [6.07, 6.45) is 7.16. The van der Waals surface area contributed by atoms with Crippen molar-refractivity contribution in [1.82, 2.24) is 4.90 Å². The third-order valence-corrected chi connectivity index (χ3v) is 9.11. The molecule has 0 aromatic heterocycles. The van der Waals surface area contributed by atoms with E-state index in [0.29, 0.717) is 25.7 Å². The van der Waals surface area contributed by atoms with E-state index in [1.165, 1.54) is 38.5 Å². The van der Waals surface area contributed by atoms with Crippen LogP contribution in [0.4, 0.5) is 4.79 Å². The summed E-state index contributed by atoms with van der Waals surface area (Å²) >= 11 is 5.30. The SMILES string of the molecule is COc1ccc(Br)cc1CSc1ccccc1C[N+]1(C(=O)O)CCN(C2CCCCCC2)CC1. The molecule has 0 unspecified atom stereocenters. The number of rotatable bonds is 7. The highest BCUT2D eigenvalue weighted by Crippen LogP contribution is 2.34. The van der Waals surface area contributed by atoms with Crippen LogP contribution in [0.2, 0.25) is 0 Å². The Morgan fingerprint density at radius 3 is 2.47 bits per heavy atom. The first-order chi connectivity index (χ1) is 16.5. The number of quaternary nitrogens is 1. The van der Waals surface area contributed by atoms with Gasteiger partial charge in [0.05, 0.1) is 7.11 Å². The van der Waals surface area contributed by atoms with Crippen LogP contribution in [-0.4, -0.2) is 59.9 Å². The molecule has 1 amide bonds. The number of hydrogen-bond donors (Lipinski definition) is 1. The van der Waals surface area contributed by atoms with Gasteiger partial charge in [-0.15, -0.1) is 11.8 Å². The van der Waals surface area contributed by atoms with Gasteiger partial charge < -0.3 is 9.84 Å². The molecule has 2 aromatic carbocycles. The highest BCUT2D eigenvalue weighted by atomic mass is 79.9. The fourth-order valence-electron chi connectivity index (χ4n) is 5.39. The van der Waals surface area contributed by atoms with E-state index in [2.05, 4.69) is 39.0 Å². The molecule has 0 spiro atoms. The molecule has 0 atom stereocenters. The Morgan fingerprint density at radius 2 is 1.79 bits per heavy atom. The van der Waals surface area contributed by atoms with Gasteiger partial charge in [-0.2, -0.15) is 4.79 Å². The van der Waals surface area contributed by atoms with Gasteiger partial charge in [-0.05, 0) is 37.1 Å². The summed E-state index contributed by atoms with van der Waals surface area (Å²) in [7, 11) is 1.70. The quantitative estimate of drug-likeness (QED) is 0.235. The Morgan fingerprint density at radius 1 is 1.09 bits per heavy atom. The molecule has 184 valence electrons.